The molecule has 12 nitrogen and oxygen atoms in total. The number of carboxylic acid groups (broad SMARTS) is 1. The highest BCUT2D eigenvalue weighted by Crippen LogP contribution is 2.15. The molecule has 3 amide bonds. The maximum Gasteiger partial charge on any atom is 0.417 e. The van der Waals surface area contributed by atoms with E-state index in [9.17, 15) is 29.4 Å². The van der Waals surface area contributed by atoms with Crippen molar-refractivity contribution in [1.29, 1.82) is 0 Å². The van der Waals surface area contributed by atoms with Crippen LogP contribution in [0, 0.1) is 0 Å². The number of nitrogens with zero attached hydrogens (tertiary/aromatic N) is 2. The molecule has 0 aliphatic carbocycles. The molecule has 36 heavy (non-hydrogen) atoms. The maximum absolute atomic E-state index is 13.0. The Hall–Kier alpha value is -3.83. The molecule has 0 unspecified atom stereocenters. The van der Waals surface area contributed by atoms with Gasteiger partial charge in [-0.25, -0.2) is 24.3 Å². The van der Waals surface area contributed by atoms with Crippen LogP contribution in [0.15, 0.2) is 29.3 Å². The van der Waals surface area contributed by atoms with Gasteiger partial charge in [0.15, 0.2) is 6.04 Å². The first-order chi connectivity index (χ1) is 16.5. The van der Waals surface area contributed by atoms with Gasteiger partial charge in [0, 0.05) is 26.4 Å². The molecule has 0 fully saturated rings. The number of phenolic OH excluding ortho intramolecular Hbond substituents is 1. The van der Waals surface area contributed by atoms with Crippen molar-refractivity contribution in [2.75, 3.05) is 13.1 Å². The topological polar surface area (TPSA) is 167 Å². The average Bonchev–Trinajstić information content (AvgIpc) is 2.68. The Bertz CT molecular complexity index is 962. The summed E-state index contributed by atoms with van der Waals surface area (Å²) in [4.78, 5) is 54.1. The van der Waals surface area contributed by atoms with Crippen LogP contribution in [0.5, 0.6) is 5.75 Å². The number of alkyl carbamates (subject to hydrolysis) is 1. The third-order valence-electron chi connectivity index (χ3n) is 4.12. The second kappa shape index (κ2) is 12.8. The van der Waals surface area contributed by atoms with E-state index < -0.39 is 41.4 Å². The first-order valence-electron chi connectivity index (χ1n) is 11.3. The minimum absolute atomic E-state index is 0.00970. The summed E-state index contributed by atoms with van der Waals surface area (Å²) in [7, 11) is 0. The molecule has 1 aromatic carbocycles. The highest BCUT2D eigenvalue weighted by Gasteiger charge is 2.30. The summed E-state index contributed by atoms with van der Waals surface area (Å²) in [5, 5.41) is 24.2. The lowest BCUT2D eigenvalue weighted by molar-refractivity contribution is -0.138. The third kappa shape index (κ3) is 12.0. The van der Waals surface area contributed by atoms with E-state index >= 15 is 0 Å². The van der Waals surface area contributed by atoms with Gasteiger partial charge in [-0.3, -0.25) is 10.1 Å². The molecule has 1 aromatic rings. The van der Waals surface area contributed by atoms with Crippen molar-refractivity contribution in [3.8, 4) is 5.75 Å². The van der Waals surface area contributed by atoms with Crippen molar-refractivity contribution in [2.24, 2.45) is 4.99 Å². The van der Waals surface area contributed by atoms with E-state index in [1.165, 1.54) is 31.2 Å². The first-order valence-corrected chi connectivity index (χ1v) is 11.3. The number of carbonyl (C=O) groups is 4. The summed E-state index contributed by atoms with van der Waals surface area (Å²) in [6, 6.07) is 4.44. The Kier molecular flexibility index (Phi) is 10.7. The smallest absolute Gasteiger partial charge is 0.417 e. The van der Waals surface area contributed by atoms with Crippen LogP contribution < -0.4 is 10.6 Å². The van der Waals surface area contributed by atoms with Gasteiger partial charge in [0.05, 0.1) is 0 Å². The lowest BCUT2D eigenvalue weighted by Crippen LogP contribution is -2.52. The Labute approximate surface area is 210 Å². The van der Waals surface area contributed by atoms with E-state index in [-0.39, 0.29) is 31.2 Å². The number of benzene rings is 1. The molecule has 200 valence electrons. The fourth-order valence-electron chi connectivity index (χ4n) is 2.70. The molecule has 4 N–H and O–H groups in total. The second-order valence-corrected chi connectivity index (χ2v) is 9.92. The Morgan fingerprint density at radius 3 is 2.03 bits per heavy atom. The fourth-order valence-corrected chi connectivity index (χ4v) is 2.70. The summed E-state index contributed by atoms with van der Waals surface area (Å²) in [6.45, 7) is 10.9. The highest BCUT2D eigenvalue weighted by molar-refractivity contribution is 6.02. The average molecular weight is 509 g/mol. The van der Waals surface area contributed by atoms with Gasteiger partial charge in [0.1, 0.15) is 17.0 Å². The van der Waals surface area contributed by atoms with Gasteiger partial charge in [-0.05, 0) is 59.2 Å². The van der Waals surface area contributed by atoms with Crippen LogP contribution in [-0.4, -0.2) is 75.5 Å². The third-order valence-corrected chi connectivity index (χ3v) is 4.12. The SMILES string of the molecule is CC(=O)NCCN(C(=O)OC(C)(C)C)C(=N[C@@H](Cc1ccc(O)cc1)C(=O)O)NC(=O)OC(C)(C)C. The van der Waals surface area contributed by atoms with Gasteiger partial charge in [-0.2, -0.15) is 0 Å². The van der Waals surface area contributed by atoms with Gasteiger partial charge in [-0.1, -0.05) is 12.1 Å². The fraction of sp³-hybridized carbons (Fsp3) is 0.542. The molecule has 0 heterocycles. The number of hydrogen-bond acceptors (Lipinski definition) is 8. The van der Waals surface area contributed by atoms with Crippen molar-refractivity contribution in [3.63, 3.8) is 0 Å². The van der Waals surface area contributed by atoms with Crippen LogP contribution >= 0.6 is 0 Å². The van der Waals surface area contributed by atoms with Crippen LogP contribution in [0.25, 0.3) is 0 Å². The van der Waals surface area contributed by atoms with E-state index in [4.69, 9.17) is 9.47 Å². The summed E-state index contributed by atoms with van der Waals surface area (Å²) in [6.07, 6.45) is -2.00. The number of carboxylic acids is 1. The van der Waals surface area contributed by atoms with Crippen LogP contribution in [0.3, 0.4) is 0 Å². The van der Waals surface area contributed by atoms with Crippen molar-refractivity contribution in [3.05, 3.63) is 29.8 Å². The van der Waals surface area contributed by atoms with Gasteiger partial charge >= 0.3 is 18.2 Å². The molecule has 0 aliphatic rings. The predicted molar refractivity (Wildman–Crippen MR) is 132 cm³/mol. The van der Waals surface area contributed by atoms with E-state index in [1.54, 1.807) is 41.5 Å². The van der Waals surface area contributed by atoms with Gasteiger partial charge in [0.2, 0.25) is 11.9 Å². The number of aromatic hydroxyl groups is 1. The van der Waals surface area contributed by atoms with Crippen molar-refractivity contribution in [2.45, 2.75) is 72.1 Å². The monoisotopic (exact) mass is 508 g/mol. The number of hydrogen-bond donors (Lipinski definition) is 4. The summed E-state index contributed by atoms with van der Waals surface area (Å²) < 4.78 is 10.7. The van der Waals surface area contributed by atoms with Crippen LogP contribution in [0.4, 0.5) is 9.59 Å². The van der Waals surface area contributed by atoms with E-state index in [1.807, 2.05) is 0 Å². The lowest BCUT2D eigenvalue weighted by Gasteiger charge is -2.29. The molecule has 0 radical (unpaired) electrons. The zero-order valence-corrected chi connectivity index (χ0v) is 21.7. The van der Waals surface area contributed by atoms with Gasteiger partial charge in [0.25, 0.3) is 0 Å². The Morgan fingerprint density at radius 1 is 1.00 bits per heavy atom. The van der Waals surface area contributed by atoms with Gasteiger partial charge in [-0.15, -0.1) is 0 Å². The van der Waals surface area contributed by atoms with Crippen molar-refractivity contribution >= 4 is 30.0 Å². The van der Waals surface area contributed by atoms with Crippen LogP contribution in [0.1, 0.15) is 54.0 Å². The maximum atomic E-state index is 13.0. The summed E-state index contributed by atoms with van der Waals surface area (Å²) >= 11 is 0. The quantitative estimate of drug-likeness (QED) is 0.322. The highest BCUT2D eigenvalue weighted by atomic mass is 16.6. The number of amides is 3. The molecular weight excluding hydrogens is 472 g/mol. The Morgan fingerprint density at radius 2 is 1.56 bits per heavy atom. The number of aliphatic imine (C=N–C) groups is 1. The zero-order chi connectivity index (χ0) is 27.7. The number of rotatable bonds is 7. The number of carbonyl (C=O) groups excluding carboxylic acids is 3. The second-order valence-electron chi connectivity index (χ2n) is 9.92. The summed E-state index contributed by atoms with van der Waals surface area (Å²) in [5.41, 5.74) is -1.26. The molecule has 0 aromatic heterocycles. The van der Waals surface area contributed by atoms with E-state index in [0.717, 1.165) is 4.90 Å². The van der Waals surface area contributed by atoms with E-state index in [2.05, 4.69) is 15.6 Å². The van der Waals surface area contributed by atoms with Gasteiger partial charge < -0.3 is 25.0 Å². The molecule has 1 rings (SSSR count). The molecule has 0 bridgehead atoms. The molecule has 12 heteroatoms. The molecule has 1 atom stereocenters. The summed E-state index contributed by atoms with van der Waals surface area (Å²) in [5.74, 6) is -2.09. The molecular formula is C24H36N4O8. The predicted octanol–water partition coefficient (Wildman–Crippen LogP) is 2.64. The normalized spacial score (nSPS) is 12.8. The largest absolute Gasteiger partial charge is 0.508 e. The first kappa shape index (κ1) is 30.2. The number of guanidine groups is 1. The molecule has 0 aliphatic heterocycles. The number of nitrogens with one attached hydrogen (secondary N) is 2. The van der Waals surface area contributed by atoms with Crippen LogP contribution in [0.2, 0.25) is 0 Å². The number of aliphatic carboxylic acids is 1. The van der Waals surface area contributed by atoms with Crippen molar-refractivity contribution < 1.29 is 38.9 Å². The lowest BCUT2D eigenvalue weighted by atomic mass is 10.1. The standard InChI is InChI=1S/C24H36N4O8/c1-15(29)25-12-13-28(22(34)36-24(5,6)7)20(27-21(33)35-23(2,3)4)26-18(19(31)32)14-16-8-10-17(30)11-9-16/h8-11,18,30H,12-14H2,1-7H3,(H,25,29)(H,31,32)(H,26,27,33)/t18-/m0/s1. The van der Waals surface area contributed by atoms with Crippen molar-refractivity contribution in [1.82, 2.24) is 15.5 Å². The minimum Gasteiger partial charge on any atom is -0.508 e. The van der Waals surface area contributed by atoms with E-state index in [0.29, 0.717) is 5.56 Å². The molecule has 0 saturated heterocycles. The molecule has 0 saturated carbocycles. The number of phenols is 1. The molecule has 0 spiro atoms. The number of ether oxygens (including phenoxy) is 2. The minimum atomic E-state index is -1.43. The van der Waals surface area contributed by atoms with Crippen LogP contribution in [-0.2, 0) is 25.5 Å². The Balaban J connectivity index is 3.47. The zero-order valence-electron chi connectivity index (χ0n) is 21.7.